The number of fused-ring (bicyclic) bond motifs is 1. The Kier molecular flexibility index (Phi) is 4.10. The Morgan fingerprint density at radius 3 is 2.82 bits per heavy atom. The average molecular weight is 329 g/mol. The average Bonchev–Trinajstić information content (AvgIpc) is 3.22. The van der Waals surface area contributed by atoms with Crippen LogP contribution in [0.1, 0.15) is 18.4 Å². The van der Waals surface area contributed by atoms with Gasteiger partial charge in [-0.15, -0.1) is 0 Å². The number of thiazole rings is 1. The first-order chi connectivity index (χ1) is 10.9. The van der Waals surface area contributed by atoms with Gasteiger partial charge in [0.25, 0.3) is 0 Å². The van der Waals surface area contributed by atoms with Crippen molar-refractivity contribution in [3.05, 3.63) is 46.7 Å². The minimum absolute atomic E-state index is 0.630. The largest absolute Gasteiger partial charge is 0.348 e. The molecule has 1 aliphatic rings. The van der Waals surface area contributed by atoms with Crippen molar-refractivity contribution in [2.45, 2.75) is 25.4 Å². The summed E-state index contributed by atoms with van der Waals surface area (Å²) < 4.78 is 1.29. The van der Waals surface area contributed by atoms with Gasteiger partial charge in [0.2, 0.25) is 0 Å². The summed E-state index contributed by atoms with van der Waals surface area (Å²) in [6, 6.07) is 11.2. The Morgan fingerprint density at radius 1 is 1.18 bits per heavy atom. The summed E-state index contributed by atoms with van der Waals surface area (Å²) in [5, 5.41) is 9.23. The Balaban J connectivity index is 1.35. The van der Waals surface area contributed by atoms with Crippen molar-refractivity contribution >= 4 is 38.0 Å². The molecule has 1 N–H and O–H groups in total. The third-order valence-corrected chi connectivity index (χ3v) is 6.05. The van der Waals surface area contributed by atoms with Crippen LogP contribution in [0, 0.1) is 0 Å². The fourth-order valence-corrected chi connectivity index (χ4v) is 4.61. The SMILES string of the molecule is c1ccc2sc(N3CCC(NCc4ccsc4)CC3)nc2c1. The van der Waals surface area contributed by atoms with E-state index in [1.54, 1.807) is 11.3 Å². The normalized spacial score (nSPS) is 16.5. The van der Waals surface area contributed by atoms with Crippen molar-refractivity contribution in [1.82, 2.24) is 10.3 Å². The molecule has 0 amide bonds. The molecule has 3 heterocycles. The molecule has 1 aliphatic heterocycles. The van der Waals surface area contributed by atoms with Crippen molar-refractivity contribution < 1.29 is 0 Å². The van der Waals surface area contributed by atoms with Crippen molar-refractivity contribution in [3.63, 3.8) is 0 Å². The predicted molar refractivity (Wildman–Crippen MR) is 96.0 cm³/mol. The fourth-order valence-electron chi connectivity index (χ4n) is 2.93. The topological polar surface area (TPSA) is 28.2 Å². The molecule has 5 heteroatoms. The number of hydrogen-bond acceptors (Lipinski definition) is 5. The molecular formula is C17H19N3S2. The number of rotatable bonds is 4. The maximum Gasteiger partial charge on any atom is 0.186 e. The number of hydrogen-bond donors (Lipinski definition) is 1. The first-order valence-corrected chi connectivity index (χ1v) is 9.49. The molecule has 0 bridgehead atoms. The van der Waals surface area contributed by atoms with Gasteiger partial charge in [0.05, 0.1) is 10.2 Å². The number of nitrogens with zero attached hydrogens (tertiary/aromatic N) is 2. The van der Waals surface area contributed by atoms with Crippen molar-refractivity contribution in [1.29, 1.82) is 0 Å². The number of piperidine rings is 1. The van der Waals surface area contributed by atoms with Crippen LogP contribution in [-0.2, 0) is 6.54 Å². The molecule has 3 nitrogen and oxygen atoms in total. The van der Waals surface area contributed by atoms with Gasteiger partial charge in [0.1, 0.15) is 0 Å². The Hall–Kier alpha value is -1.43. The van der Waals surface area contributed by atoms with Gasteiger partial charge in [0.15, 0.2) is 5.13 Å². The number of nitrogens with one attached hydrogen (secondary N) is 1. The van der Waals surface area contributed by atoms with E-state index in [1.807, 2.05) is 11.3 Å². The zero-order valence-corrected chi connectivity index (χ0v) is 14.0. The van der Waals surface area contributed by atoms with Gasteiger partial charge in [-0.25, -0.2) is 4.98 Å². The lowest BCUT2D eigenvalue weighted by Crippen LogP contribution is -2.42. The highest BCUT2D eigenvalue weighted by atomic mass is 32.1. The van der Waals surface area contributed by atoms with E-state index in [4.69, 9.17) is 4.98 Å². The van der Waals surface area contributed by atoms with E-state index in [0.717, 1.165) is 25.2 Å². The van der Waals surface area contributed by atoms with Crippen LogP contribution in [0.15, 0.2) is 41.1 Å². The van der Waals surface area contributed by atoms with E-state index >= 15 is 0 Å². The fraction of sp³-hybridized carbons (Fsp3) is 0.353. The van der Waals surface area contributed by atoms with Crippen molar-refractivity contribution in [2.75, 3.05) is 18.0 Å². The van der Waals surface area contributed by atoms with Crippen LogP contribution >= 0.6 is 22.7 Å². The highest BCUT2D eigenvalue weighted by molar-refractivity contribution is 7.22. The van der Waals surface area contributed by atoms with Crippen LogP contribution < -0.4 is 10.2 Å². The van der Waals surface area contributed by atoms with Crippen LogP contribution in [-0.4, -0.2) is 24.1 Å². The van der Waals surface area contributed by atoms with E-state index in [2.05, 4.69) is 51.3 Å². The molecule has 3 aromatic rings. The number of anilines is 1. The Labute approximate surface area is 138 Å². The summed E-state index contributed by atoms with van der Waals surface area (Å²) in [7, 11) is 0. The van der Waals surface area contributed by atoms with Gasteiger partial charge in [-0.3, -0.25) is 0 Å². The summed E-state index contributed by atoms with van der Waals surface area (Å²) in [5.74, 6) is 0. The summed E-state index contributed by atoms with van der Waals surface area (Å²) in [4.78, 5) is 7.21. The van der Waals surface area contributed by atoms with E-state index < -0.39 is 0 Å². The van der Waals surface area contributed by atoms with Gasteiger partial charge in [0, 0.05) is 25.7 Å². The molecule has 114 valence electrons. The van der Waals surface area contributed by atoms with Gasteiger partial charge in [-0.2, -0.15) is 11.3 Å². The minimum Gasteiger partial charge on any atom is -0.348 e. The molecule has 0 radical (unpaired) electrons. The minimum atomic E-state index is 0.630. The van der Waals surface area contributed by atoms with E-state index in [-0.39, 0.29) is 0 Å². The lowest BCUT2D eigenvalue weighted by Gasteiger charge is -2.32. The van der Waals surface area contributed by atoms with Gasteiger partial charge in [-0.05, 0) is 47.4 Å². The zero-order chi connectivity index (χ0) is 14.8. The van der Waals surface area contributed by atoms with Gasteiger partial charge >= 0.3 is 0 Å². The van der Waals surface area contributed by atoms with E-state index in [1.165, 1.54) is 28.2 Å². The molecule has 0 saturated carbocycles. The molecule has 4 rings (SSSR count). The maximum absolute atomic E-state index is 4.77. The first kappa shape index (κ1) is 14.2. The van der Waals surface area contributed by atoms with Crippen molar-refractivity contribution in [3.8, 4) is 0 Å². The quantitative estimate of drug-likeness (QED) is 0.780. The van der Waals surface area contributed by atoms with E-state index in [9.17, 15) is 0 Å². The number of para-hydroxylation sites is 1. The summed E-state index contributed by atoms with van der Waals surface area (Å²) >= 11 is 3.58. The van der Waals surface area contributed by atoms with Gasteiger partial charge in [-0.1, -0.05) is 23.5 Å². The summed E-state index contributed by atoms with van der Waals surface area (Å²) in [6.07, 6.45) is 2.39. The molecule has 22 heavy (non-hydrogen) atoms. The van der Waals surface area contributed by atoms with Gasteiger partial charge < -0.3 is 10.2 Å². The lowest BCUT2D eigenvalue weighted by molar-refractivity contribution is 0.414. The summed E-state index contributed by atoms with van der Waals surface area (Å²) in [6.45, 7) is 3.19. The summed E-state index contributed by atoms with van der Waals surface area (Å²) in [5.41, 5.74) is 2.53. The van der Waals surface area contributed by atoms with Crippen LogP contribution in [0.4, 0.5) is 5.13 Å². The highest BCUT2D eigenvalue weighted by Gasteiger charge is 2.21. The second-order valence-corrected chi connectivity index (χ2v) is 7.53. The third-order valence-electron chi connectivity index (χ3n) is 4.22. The Morgan fingerprint density at radius 2 is 2.05 bits per heavy atom. The molecule has 1 saturated heterocycles. The number of benzene rings is 1. The first-order valence-electron chi connectivity index (χ1n) is 7.73. The number of aromatic nitrogens is 1. The second kappa shape index (κ2) is 6.36. The molecule has 0 unspecified atom stereocenters. The molecular weight excluding hydrogens is 310 g/mol. The number of thiophene rings is 1. The standard InChI is InChI=1S/C17H19N3S2/c1-2-4-16-15(3-1)19-17(22-16)20-8-5-14(6-9-20)18-11-13-7-10-21-12-13/h1-4,7,10,12,14,18H,5-6,8-9,11H2. The third kappa shape index (κ3) is 3.02. The molecule has 1 aromatic carbocycles. The van der Waals surface area contributed by atoms with Crippen molar-refractivity contribution in [2.24, 2.45) is 0 Å². The second-order valence-electron chi connectivity index (χ2n) is 5.74. The highest BCUT2D eigenvalue weighted by Crippen LogP contribution is 2.30. The van der Waals surface area contributed by atoms with Crippen LogP contribution in [0.2, 0.25) is 0 Å². The molecule has 0 atom stereocenters. The monoisotopic (exact) mass is 329 g/mol. The predicted octanol–water partition coefficient (Wildman–Crippen LogP) is 4.12. The molecule has 0 aliphatic carbocycles. The Bertz CT molecular complexity index is 694. The lowest BCUT2D eigenvalue weighted by atomic mass is 10.1. The van der Waals surface area contributed by atoms with Crippen LogP contribution in [0.25, 0.3) is 10.2 Å². The molecule has 1 fully saturated rings. The molecule has 2 aromatic heterocycles. The molecule has 0 spiro atoms. The zero-order valence-electron chi connectivity index (χ0n) is 12.4. The van der Waals surface area contributed by atoms with Crippen LogP contribution in [0.5, 0.6) is 0 Å². The van der Waals surface area contributed by atoms with Crippen LogP contribution in [0.3, 0.4) is 0 Å². The maximum atomic E-state index is 4.77. The van der Waals surface area contributed by atoms with E-state index in [0.29, 0.717) is 6.04 Å². The smallest absolute Gasteiger partial charge is 0.186 e.